The van der Waals surface area contributed by atoms with Crippen molar-refractivity contribution < 1.29 is 12.6 Å². The van der Waals surface area contributed by atoms with Gasteiger partial charge >= 0.3 is 10.1 Å². The molecule has 0 amide bonds. The van der Waals surface area contributed by atoms with Crippen LogP contribution < -0.4 is 4.18 Å². The molecular weight excluding hydrogens is 398 g/mol. The average molecular weight is 422 g/mol. The van der Waals surface area contributed by atoms with E-state index in [1.807, 2.05) is 37.3 Å². The van der Waals surface area contributed by atoms with Gasteiger partial charge in [0.1, 0.15) is 10.6 Å². The molecule has 4 aromatic rings. The van der Waals surface area contributed by atoms with E-state index in [1.54, 1.807) is 29.9 Å². The van der Waals surface area contributed by atoms with Crippen LogP contribution >= 0.6 is 0 Å². The van der Waals surface area contributed by atoms with Crippen LogP contribution in [0.3, 0.4) is 0 Å². The Bertz CT molecular complexity index is 1310. The van der Waals surface area contributed by atoms with Crippen LogP contribution in [-0.4, -0.2) is 23.2 Å². The molecule has 2 aromatic heterocycles. The van der Waals surface area contributed by atoms with Gasteiger partial charge in [-0.05, 0) is 36.2 Å². The molecule has 2 aromatic carbocycles. The second-order valence-corrected chi connectivity index (χ2v) is 9.35. The lowest BCUT2D eigenvalue weighted by Gasteiger charge is -2.26. The summed E-state index contributed by atoms with van der Waals surface area (Å²) in [7, 11) is -2.24. The van der Waals surface area contributed by atoms with E-state index < -0.39 is 10.1 Å². The largest absolute Gasteiger partial charge is 0.379 e. The molecule has 0 radical (unpaired) electrons. The predicted octanol–water partition coefficient (Wildman–Crippen LogP) is 4.37. The number of nitrogens with zero attached hydrogens (tertiary/aromatic N) is 3. The Balaban J connectivity index is 1.60. The van der Waals surface area contributed by atoms with Crippen LogP contribution in [0.5, 0.6) is 5.75 Å². The van der Waals surface area contributed by atoms with Crippen molar-refractivity contribution in [2.75, 3.05) is 0 Å². The third-order valence-corrected chi connectivity index (χ3v) is 6.62. The van der Waals surface area contributed by atoms with Crippen molar-refractivity contribution in [3.05, 3.63) is 83.7 Å². The molecule has 0 bridgehead atoms. The normalized spacial score (nSPS) is 12.3. The summed E-state index contributed by atoms with van der Waals surface area (Å²) in [6.45, 7) is 6.08. The first kappa shape index (κ1) is 20.1. The topological polar surface area (TPSA) is 74.1 Å². The highest BCUT2D eigenvalue weighted by Crippen LogP contribution is 2.32. The van der Waals surface area contributed by atoms with Crippen molar-refractivity contribution in [1.29, 1.82) is 0 Å². The Morgan fingerprint density at radius 3 is 2.27 bits per heavy atom. The van der Waals surface area contributed by atoms with Crippen LogP contribution in [0.15, 0.2) is 71.8 Å². The maximum Gasteiger partial charge on any atom is 0.340 e. The standard InChI is InChI=1S/C23H23N3O3S/c1-16-21-14-20(15-24-22(21)26(4)25-16)30(27,28)29-19-12-10-18(11-13-19)23(2,3)17-8-6-5-7-9-17/h5-15H,1-4H3. The third kappa shape index (κ3) is 3.57. The van der Waals surface area contributed by atoms with Gasteiger partial charge in [-0.25, -0.2) is 4.98 Å². The van der Waals surface area contributed by atoms with Gasteiger partial charge in [0, 0.05) is 17.8 Å². The van der Waals surface area contributed by atoms with Crippen molar-refractivity contribution in [3.63, 3.8) is 0 Å². The van der Waals surface area contributed by atoms with Crippen LogP contribution in [0.25, 0.3) is 11.0 Å². The van der Waals surface area contributed by atoms with Gasteiger partial charge in [-0.15, -0.1) is 0 Å². The molecule has 30 heavy (non-hydrogen) atoms. The van der Waals surface area contributed by atoms with E-state index in [4.69, 9.17) is 4.18 Å². The predicted molar refractivity (Wildman–Crippen MR) is 116 cm³/mol. The van der Waals surface area contributed by atoms with Crippen LogP contribution in [-0.2, 0) is 22.6 Å². The molecule has 7 heteroatoms. The third-order valence-electron chi connectivity index (χ3n) is 5.40. The molecule has 0 aliphatic carbocycles. The quantitative estimate of drug-likeness (QED) is 0.447. The lowest BCUT2D eigenvalue weighted by Crippen LogP contribution is -2.18. The summed E-state index contributed by atoms with van der Waals surface area (Å²) in [5.74, 6) is 0.255. The van der Waals surface area contributed by atoms with Gasteiger partial charge in [-0.3, -0.25) is 4.68 Å². The number of hydrogen-bond donors (Lipinski definition) is 0. The first-order chi connectivity index (χ1) is 14.2. The molecular formula is C23H23N3O3S. The molecule has 0 unspecified atom stereocenters. The van der Waals surface area contributed by atoms with Crippen LogP contribution in [0.1, 0.15) is 30.7 Å². The number of rotatable bonds is 5. The highest BCUT2D eigenvalue weighted by atomic mass is 32.2. The summed E-state index contributed by atoms with van der Waals surface area (Å²) in [5, 5.41) is 4.96. The van der Waals surface area contributed by atoms with Gasteiger partial charge in [0.05, 0.1) is 11.9 Å². The minimum atomic E-state index is -4.01. The summed E-state index contributed by atoms with van der Waals surface area (Å²) in [4.78, 5) is 4.23. The molecule has 0 spiro atoms. The Labute approximate surface area is 176 Å². The second kappa shape index (κ2) is 7.25. The fourth-order valence-electron chi connectivity index (χ4n) is 3.55. The smallest absolute Gasteiger partial charge is 0.340 e. The van der Waals surface area contributed by atoms with Gasteiger partial charge in [0.2, 0.25) is 0 Å². The monoisotopic (exact) mass is 421 g/mol. The van der Waals surface area contributed by atoms with Crippen LogP contribution in [0.2, 0.25) is 0 Å². The molecule has 0 saturated carbocycles. The maximum absolute atomic E-state index is 12.8. The van der Waals surface area contributed by atoms with E-state index in [0.29, 0.717) is 16.7 Å². The number of benzene rings is 2. The Morgan fingerprint density at radius 1 is 0.967 bits per heavy atom. The van der Waals surface area contributed by atoms with E-state index in [-0.39, 0.29) is 16.1 Å². The molecule has 0 atom stereocenters. The molecule has 0 aliphatic rings. The van der Waals surface area contributed by atoms with E-state index in [1.165, 1.54) is 11.8 Å². The van der Waals surface area contributed by atoms with E-state index in [2.05, 4.69) is 36.1 Å². The summed E-state index contributed by atoms with van der Waals surface area (Å²) < 4.78 is 32.5. The molecule has 0 N–H and O–H groups in total. The zero-order valence-corrected chi connectivity index (χ0v) is 18.1. The number of pyridine rings is 1. The van der Waals surface area contributed by atoms with Crippen molar-refractivity contribution in [2.45, 2.75) is 31.1 Å². The molecule has 2 heterocycles. The molecule has 4 rings (SSSR count). The average Bonchev–Trinajstić information content (AvgIpc) is 3.02. The van der Waals surface area contributed by atoms with Crippen molar-refractivity contribution >= 4 is 21.2 Å². The Morgan fingerprint density at radius 2 is 1.60 bits per heavy atom. The van der Waals surface area contributed by atoms with Crippen molar-refractivity contribution in [3.8, 4) is 5.75 Å². The first-order valence-electron chi connectivity index (χ1n) is 9.58. The summed E-state index contributed by atoms with van der Waals surface area (Å²) in [6.07, 6.45) is 1.30. The molecule has 154 valence electrons. The van der Waals surface area contributed by atoms with E-state index >= 15 is 0 Å². The zero-order chi connectivity index (χ0) is 21.5. The zero-order valence-electron chi connectivity index (χ0n) is 17.3. The highest BCUT2D eigenvalue weighted by Gasteiger charge is 2.24. The van der Waals surface area contributed by atoms with Crippen LogP contribution in [0.4, 0.5) is 0 Å². The Hall–Kier alpha value is -3.19. The highest BCUT2D eigenvalue weighted by molar-refractivity contribution is 7.87. The van der Waals surface area contributed by atoms with Crippen molar-refractivity contribution in [1.82, 2.24) is 14.8 Å². The van der Waals surface area contributed by atoms with Gasteiger partial charge in [-0.2, -0.15) is 13.5 Å². The van der Waals surface area contributed by atoms with Crippen LogP contribution in [0, 0.1) is 6.92 Å². The Kier molecular flexibility index (Phi) is 4.86. The number of aryl methyl sites for hydroxylation is 2. The maximum atomic E-state index is 12.8. The van der Waals surface area contributed by atoms with E-state index in [9.17, 15) is 8.42 Å². The summed E-state index contributed by atoms with van der Waals surface area (Å²) >= 11 is 0. The number of hydrogen-bond acceptors (Lipinski definition) is 5. The number of fused-ring (bicyclic) bond motifs is 1. The molecule has 6 nitrogen and oxygen atoms in total. The van der Waals surface area contributed by atoms with Gasteiger partial charge < -0.3 is 4.18 Å². The molecule has 0 fully saturated rings. The SMILES string of the molecule is Cc1nn(C)c2ncc(S(=O)(=O)Oc3ccc(C(C)(C)c4ccccc4)cc3)cc12. The molecule has 0 saturated heterocycles. The lowest BCUT2D eigenvalue weighted by molar-refractivity contribution is 0.485. The van der Waals surface area contributed by atoms with Gasteiger partial charge in [0.15, 0.2) is 5.65 Å². The number of aromatic nitrogens is 3. The van der Waals surface area contributed by atoms with Gasteiger partial charge in [-0.1, -0.05) is 56.3 Å². The van der Waals surface area contributed by atoms with E-state index in [0.717, 1.165) is 5.56 Å². The fourth-order valence-corrected chi connectivity index (χ4v) is 4.45. The fraction of sp³-hybridized carbons (Fsp3) is 0.217. The summed E-state index contributed by atoms with van der Waals surface area (Å²) in [6, 6.07) is 18.9. The van der Waals surface area contributed by atoms with Gasteiger partial charge in [0.25, 0.3) is 0 Å². The lowest BCUT2D eigenvalue weighted by atomic mass is 9.78. The second-order valence-electron chi connectivity index (χ2n) is 7.80. The molecule has 0 aliphatic heterocycles. The summed E-state index contributed by atoms with van der Waals surface area (Å²) in [5.41, 5.74) is 3.36. The van der Waals surface area contributed by atoms with Crippen molar-refractivity contribution in [2.24, 2.45) is 7.05 Å². The minimum absolute atomic E-state index is 0.000193. The first-order valence-corrected chi connectivity index (χ1v) is 11.0. The minimum Gasteiger partial charge on any atom is -0.379 e.